The topological polar surface area (TPSA) is 159 Å². The fourth-order valence-corrected chi connectivity index (χ4v) is 6.59. The molecule has 188 valence electrons. The molecule has 1 saturated heterocycles. The summed E-state index contributed by atoms with van der Waals surface area (Å²) in [4.78, 5) is 22.2. The fraction of sp³-hybridized carbons (Fsp3) is 0.680. The summed E-state index contributed by atoms with van der Waals surface area (Å²) in [6, 6.07) is 6.17. The standard InChI is InChI=1S/C21H29NO2.C4H6O6/c23-17-7-6-16-12-19-21(24)9-2-1-8-20(21,18(16)13-17)10-11-22(19)14-15-4-3-5-15;5-1(3(7)8)2(6)4(9)10/h6-7,13,15,19,23-24H,1-5,8-12,14H2;1-2,5-6H,(H,7,8)(H,9,10). The maximum absolute atomic E-state index is 11.9. The fourth-order valence-electron chi connectivity index (χ4n) is 6.59. The third-order valence-electron chi connectivity index (χ3n) is 8.60. The number of rotatable bonds is 5. The van der Waals surface area contributed by atoms with Crippen molar-refractivity contribution in [2.75, 3.05) is 13.1 Å². The van der Waals surface area contributed by atoms with E-state index in [1.807, 2.05) is 12.1 Å². The smallest absolute Gasteiger partial charge is 0.335 e. The van der Waals surface area contributed by atoms with Crippen LogP contribution in [-0.2, 0) is 21.4 Å². The Bertz CT molecular complexity index is 915. The van der Waals surface area contributed by atoms with Gasteiger partial charge in [-0.25, -0.2) is 9.59 Å². The van der Waals surface area contributed by atoms with Crippen LogP contribution in [0.15, 0.2) is 18.2 Å². The summed E-state index contributed by atoms with van der Waals surface area (Å²) >= 11 is 0. The first-order chi connectivity index (χ1) is 16.1. The minimum Gasteiger partial charge on any atom is -0.508 e. The largest absolute Gasteiger partial charge is 0.508 e. The van der Waals surface area contributed by atoms with Crippen LogP contribution in [0.3, 0.4) is 0 Å². The molecule has 1 aliphatic heterocycles. The molecule has 0 aromatic heterocycles. The molecule has 0 amide bonds. The number of hydrogen-bond acceptors (Lipinski definition) is 7. The molecule has 5 atom stereocenters. The van der Waals surface area contributed by atoms with E-state index >= 15 is 0 Å². The third kappa shape index (κ3) is 4.19. The molecule has 34 heavy (non-hydrogen) atoms. The lowest BCUT2D eigenvalue weighted by molar-refractivity contribution is -0.169. The van der Waals surface area contributed by atoms with Crippen LogP contribution < -0.4 is 0 Å². The molecular weight excluding hydrogens is 442 g/mol. The number of carboxylic acid groups (broad SMARTS) is 2. The molecule has 2 saturated carbocycles. The van der Waals surface area contributed by atoms with E-state index in [1.165, 1.54) is 43.4 Å². The van der Waals surface area contributed by atoms with Crippen LogP contribution in [0.4, 0.5) is 0 Å². The van der Waals surface area contributed by atoms with E-state index in [9.17, 15) is 19.8 Å². The number of phenols is 1. The lowest BCUT2D eigenvalue weighted by Crippen LogP contribution is -2.72. The normalized spacial score (nSPS) is 32.1. The second-order valence-corrected chi connectivity index (χ2v) is 10.4. The minimum absolute atomic E-state index is 0.127. The van der Waals surface area contributed by atoms with Gasteiger partial charge in [-0.3, -0.25) is 4.90 Å². The molecule has 9 heteroatoms. The van der Waals surface area contributed by atoms with Gasteiger partial charge in [0.1, 0.15) is 5.75 Å². The molecule has 9 nitrogen and oxygen atoms in total. The zero-order chi connectivity index (χ0) is 24.7. The molecule has 1 aromatic rings. The maximum Gasteiger partial charge on any atom is 0.335 e. The second-order valence-electron chi connectivity index (χ2n) is 10.4. The molecule has 3 fully saturated rings. The van der Waals surface area contributed by atoms with Gasteiger partial charge in [-0.1, -0.05) is 25.3 Å². The number of phenolic OH excluding ortho intramolecular Hbond substituents is 1. The summed E-state index contributed by atoms with van der Waals surface area (Å²) in [5.41, 5.74) is 1.89. The van der Waals surface area contributed by atoms with Gasteiger partial charge < -0.3 is 30.6 Å². The number of aliphatic carboxylic acids is 2. The summed E-state index contributed by atoms with van der Waals surface area (Å²) in [6.45, 7) is 2.29. The number of hydrogen-bond donors (Lipinski definition) is 6. The van der Waals surface area contributed by atoms with Gasteiger partial charge in [-0.15, -0.1) is 0 Å². The zero-order valence-corrected chi connectivity index (χ0v) is 19.3. The Morgan fingerprint density at radius 1 is 1.00 bits per heavy atom. The Kier molecular flexibility index (Phi) is 6.92. The highest BCUT2D eigenvalue weighted by Gasteiger charge is 2.63. The Labute approximate surface area is 198 Å². The predicted octanol–water partition coefficient (Wildman–Crippen LogP) is 1.24. The van der Waals surface area contributed by atoms with Gasteiger partial charge in [0.2, 0.25) is 0 Å². The van der Waals surface area contributed by atoms with Crippen LogP contribution in [0.1, 0.15) is 62.5 Å². The molecule has 0 spiro atoms. The van der Waals surface area contributed by atoms with Crippen LogP contribution in [0.5, 0.6) is 5.75 Å². The number of benzene rings is 1. The highest BCUT2D eigenvalue weighted by Crippen LogP contribution is 2.58. The first-order valence-corrected chi connectivity index (χ1v) is 12.2. The molecule has 1 heterocycles. The number of aliphatic hydroxyl groups excluding tert-OH is 2. The van der Waals surface area contributed by atoms with Crippen molar-refractivity contribution in [2.45, 2.75) is 87.1 Å². The number of likely N-dealkylation sites (tertiary alicyclic amines) is 1. The Morgan fingerprint density at radius 2 is 1.65 bits per heavy atom. The molecule has 5 unspecified atom stereocenters. The highest BCUT2D eigenvalue weighted by molar-refractivity contribution is 5.83. The summed E-state index contributed by atoms with van der Waals surface area (Å²) in [7, 11) is 0. The van der Waals surface area contributed by atoms with Gasteiger partial charge in [-0.05, 0) is 74.2 Å². The van der Waals surface area contributed by atoms with Crippen molar-refractivity contribution in [3.8, 4) is 5.75 Å². The summed E-state index contributed by atoms with van der Waals surface area (Å²) in [5.74, 6) is -2.33. The van der Waals surface area contributed by atoms with E-state index in [4.69, 9.17) is 20.4 Å². The quantitative estimate of drug-likeness (QED) is 0.367. The predicted molar refractivity (Wildman–Crippen MR) is 122 cm³/mol. The SMILES string of the molecule is O=C(O)C(O)C(O)C(=O)O.Oc1ccc2c(c1)C13CCCCC1(O)C(C2)N(CC1CCC1)CC3. The molecule has 2 bridgehead atoms. The molecule has 3 aliphatic carbocycles. The van der Waals surface area contributed by atoms with Crippen LogP contribution in [-0.4, -0.2) is 84.4 Å². The average Bonchev–Trinajstić information content (AvgIpc) is 2.76. The van der Waals surface area contributed by atoms with Gasteiger partial charge in [0.05, 0.1) is 5.60 Å². The van der Waals surface area contributed by atoms with Gasteiger partial charge >= 0.3 is 11.9 Å². The number of fused-ring (bicyclic) bond motifs is 1. The molecule has 0 radical (unpaired) electrons. The maximum atomic E-state index is 11.9. The Hall–Kier alpha value is -2.20. The van der Waals surface area contributed by atoms with E-state index in [0.29, 0.717) is 5.75 Å². The Balaban J connectivity index is 0.000000235. The van der Waals surface area contributed by atoms with Crippen molar-refractivity contribution >= 4 is 11.9 Å². The first kappa shape index (κ1) is 24.9. The van der Waals surface area contributed by atoms with Crippen molar-refractivity contribution in [1.29, 1.82) is 0 Å². The van der Waals surface area contributed by atoms with Crippen LogP contribution in [0, 0.1) is 5.92 Å². The number of carboxylic acids is 2. The number of carbonyl (C=O) groups is 2. The molecule has 4 aliphatic rings. The van der Waals surface area contributed by atoms with E-state index in [1.54, 1.807) is 0 Å². The molecule has 6 N–H and O–H groups in total. The molecule has 5 rings (SSSR count). The van der Waals surface area contributed by atoms with E-state index in [0.717, 1.165) is 44.6 Å². The van der Waals surface area contributed by atoms with Crippen LogP contribution in [0.25, 0.3) is 0 Å². The van der Waals surface area contributed by atoms with Crippen LogP contribution in [0.2, 0.25) is 0 Å². The minimum atomic E-state index is -2.27. The van der Waals surface area contributed by atoms with Crippen LogP contribution >= 0.6 is 0 Å². The Morgan fingerprint density at radius 3 is 2.24 bits per heavy atom. The van der Waals surface area contributed by atoms with Crippen molar-refractivity contribution in [1.82, 2.24) is 4.90 Å². The van der Waals surface area contributed by atoms with E-state index in [-0.39, 0.29) is 11.5 Å². The van der Waals surface area contributed by atoms with E-state index < -0.39 is 29.7 Å². The van der Waals surface area contributed by atoms with Gasteiger partial charge in [-0.2, -0.15) is 0 Å². The second kappa shape index (κ2) is 9.45. The monoisotopic (exact) mass is 477 g/mol. The van der Waals surface area contributed by atoms with Crippen molar-refractivity contribution in [2.24, 2.45) is 5.92 Å². The van der Waals surface area contributed by atoms with Gasteiger partial charge in [0, 0.05) is 18.0 Å². The average molecular weight is 478 g/mol. The molecular formula is C25H35NO8. The number of nitrogens with zero attached hydrogens (tertiary/aromatic N) is 1. The number of aliphatic hydroxyl groups is 3. The lowest BCUT2D eigenvalue weighted by Gasteiger charge is -2.64. The number of piperidine rings is 1. The first-order valence-electron chi connectivity index (χ1n) is 12.2. The lowest BCUT2D eigenvalue weighted by atomic mass is 9.49. The van der Waals surface area contributed by atoms with Crippen molar-refractivity contribution < 1.29 is 40.2 Å². The van der Waals surface area contributed by atoms with Gasteiger partial charge in [0.15, 0.2) is 12.2 Å². The summed E-state index contributed by atoms with van der Waals surface area (Å²) in [5, 5.41) is 54.6. The molecule has 1 aromatic carbocycles. The number of aromatic hydroxyl groups is 1. The third-order valence-corrected chi connectivity index (χ3v) is 8.60. The summed E-state index contributed by atoms with van der Waals surface area (Å²) < 4.78 is 0. The van der Waals surface area contributed by atoms with Gasteiger partial charge in [0.25, 0.3) is 0 Å². The van der Waals surface area contributed by atoms with E-state index in [2.05, 4.69) is 11.0 Å². The van der Waals surface area contributed by atoms with Crippen molar-refractivity contribution in [3.63, 3.8) is 0 Å². The van der Waals surface area contributed by atoms with Crippen molar-refractivity contribution in [3.05, 3.63) is 29.3 Å². The zero-order valence-electron chi connectivity index (χ0n) is 19.3. The summed E-state index contributed by atoms with van der Waals surface area (Å²) in [6.07, 6.45) is 5.93. The highest BCUT2D eigenvalue weighted by atomic mass is 16.4.